The van der Waals surface area contributed by atoms with Gasteiger partial charge in [-0.2, -0.15) is 5.26 Å². The normalized spacial score (nSPS) is 11.4. The molecular weight excluding hydrogens is 178 g/mol. The van der Waals surface area contributed by atoms with E-state index in [1.807, 2.05) is 6.07 Å². The van der Waals surface area contributed by atoms with E-state index in [-0.39, 0.29) is 11.8 Å². The molecule has 1 aromatic heterocycles. The average Bonchev–Trinajstić information content (AvgIpc) is 2.26. The molecule has 0 saturated heterocycles. The van der Waals surface area contributed by atoms with Crippen molar-refractivity contribution in [2.75, 3.05) is 6.54 Å². The fourth-order valence-electron chi connectivity index (χ4n) is 0.879. The minimum absolute atomic E-state index is 0.178. The largest absolute Gasteiger partial charge is 0.349 e. The maximum Gasteiger partial charge on any atom is 0.269 e. The average molecular weight is 189 g/mol. The first-order chi connectivity index (χ1) is 6.74. The molecule has 0 aliphatic rings. The van der Waals surface area contributed by atoms with E-state index >= 15 is 0 Å². The van der Waals surface area contributed by atoms with Gasteiger partial charge < -0.3 is 5.32 Å². The van der Waals surface area contributed by atoms with Gasteiger partial charge in [-0.1, -0.05) is 6.07 Å². The van der Waals surface area contributed by atoms with Crippen LogP contribution in [0, 0.1) is 17.2 Å². The number of carbonyl (C=O) groups excluding carboxylic acids is 1. The van der Waals surface area contributed by atoms with E-state index in [9.17, 15) is 4.79 Å². The van der Waals surface area contributed by atoms with Crippen molar-refractivity contribution < 1.29 is 4.79 Å². The Bertz CT molecular complexity index is 342. The van der Waals surface area contributed by atoms with E-state index in [0.29, 0.717) is 12.2 Å². The number of hydrogen-bond acceptors (Lipinski definition) is 3. The van der Waals surface area contributed by atoms with E-state index in [1.54, 1.807) is 31.3 Å². The highest BCUT2D eigenvalue weighted by Crippen LogP contribution is 1.94. The Labute approximate surface area is 82.6 Å². The zero-order valence-corrected chi connectivity index (χ0v) is 7.90. The fourth-order valence-corrected chi connectivity index (χ4v) is 0.879. The van der Waals surface area contributed by atoms with Crippen molar-refractivity contribution in [3.05, 3.63) is 30.1 Å². The minimum Gasteiger partial charge on any atom is -0.349 e. The second kappa shape index (κ2) is 4.97. The summed E-state index contributed by atoms with van der Waals surface area (Å²) in [5.74, 6) is -0.421. The van der Waals surface area contributed by atoms with Gasteiger partial charge in [-0.3, -0.25) is 9.78 Å². The smallest absolute Gasteiger partial charge is 0.269 e. The van der Waals surface area contributed by atoms with Gasteiger partial charge in [0.1, 0.15) is 5.69 Å². The molecule has 0 aromatic carbocycles. The topological polar surface area (TPSA) is 65.8 Å². The summed E-state index contributed by atoms with van der Waals surface area (Å²) in [4.78, 5) is 15.3. The lowest BCUT2D eigenvalue weighted by molar-refractivity contribution is 0.0946. The van der Waals surface area contributed by atoms with E-state index in [1.165, 1.54) is 0 Å². The van der Waals surface area contributed by atoms with Gasteiger partial charge in [0.15, 0.2) is 0 Å². The first-order valence-electron chi connectivity index (χ1n) is 4.33. The lowest BCUT2D eigenvalue weighted by Gasteiger charge is -2.04. The fraction of sp³-hybridized carbons (Fsp3) is 0.300. The van der Waals surface area contributed by atoms with Crippen LogP contribution in [0.15, 0.2) is 24.4 Å². The molecule has 14 heavy (non-hydrogen) atoms. The second-order valence-electron chi connectivity index (χ2n) is 2.96. The zero-order valence-electron chi connectivity index (χ0n) is 7.90. The van der Waals surface area contributed by atoms with Crippen molar-refractivity contribution in [3.8, 4) is 6.07 Å². The third-order valence-corrected chi connectivity index (χ3v) is 1.69. The summed E-state index contributed by atoms with van der Waals surface area (Å²) < 4.78 is 0. The number of rotatable bonds is 3. The third-order valence-electron chi connectivity index (χ3n) is 1.69. The Hall–Kier alpha value is -1.89. The molecule has 0 radical (unpaired) electrons. The number of pyridine rings is 1. The summed E-state index contributed by atoms with van der Waals surface area (Å²) in [5, 5.41) is 11.1. The van der Waals surface area contributed by atoms with Crippen LogP contribution < -0.4 is 5.32 Å². The molecule has 4 heteroatoms. The van der Waals surface area contributed by atoms with Crippen molar-refractivity contribution in [1.82, 2.24) is 10.3 Å². The number of aromatic nitrogens is 1. The SMILES string of the molecule is CC(C#N)CNC(=O)c1ccccn1. The minimum atomic E-state index is -0.243. The molecule has 0 aliphatic carbocycles. The highest BCUT2D eigenvalue weighted by atomic mass is 16.1. The first-order valence-corrected chi connectivity index (χ1v) is 4.33. The van der Waals surface area contributed by atoms with Gasteiger partial charge in [-0.05, 0) is 19.1 Å². The Morgan fingerprint density at radius 1 is 1.71 bits per heavy atom. The molecule has 0 spiro atoms. The van der Waals surface area contributed by atoms with Crippen molar-refractivity contribution in [2.24, 2.45) is 5.92 Å². The van der Waals surface area contributed by atoms with E-state index < -0.39 is 0 Å². The van der Waals surface area contributed by atoms with E-state index in [4.69, 9.17) is 5.26 Å². The monoisotopic (exact) mass is 189 g/mol. The van der Waals surface area contributed by atoms with Crippen molar-refractivity contribution in [1.29, 1.82) is 5.26 Å². The standard InChI is InChI=1S/C10H11N3O/c1-8(6-11)7-13-10(14)9-4-2-3-5-12-9/h2-5,8H,7H2,1H3,(H,13,14). The maximum atomic E-state index is 11.4. The van der Waals surface area contributed by atoms with Crippen LogP contribution in [0.3, 0.4) is 0 Å². The highest BCUT2D eigenvalue weighted by molar-refractivity contribution is 5.92. The summed E-state index contributed by atoms with van der Waals surface area (Å²) in [7, 11) is 0. The molecule has 1 rings (SSSR count). The molecule has 1 N–H and O–H groups in total. The molecule has 1 heterocycles. The van der Waals surface area contributed by atoms with Crippen LogP contribution in [0.2, 0.25) is 0 Å². The van der Waals surface area contributed by atoms with Crippen molar-refractivity contribution in [3.63, 3.8) is 0 Å². The van der Waals surface area contributed by atoms with Gasteiger partial charge in [0.2, 0.25) is 0 Å². The summed E-state index contributed by atoms with van der Waals surface area (Å²) in [5.41, 5.74) is 0.373. The molecular formula is C10H11N3O. The van der Waals surface area contributed by atoms with Crippen molar-refractivity contribution in [2.45, 2.75) is 6.92 Å². The van der Waals surface area contributed by atoms with Gasteiger partial charge in [-0.25, -0.2) is 0 Å². The van der Waals surface area contributed by atoms with Crippen LogP contribution in [-0.4, -0.2) is 17.4 Å². The number of amides is 1. The number of carbonyl (C=O) groups is 1. The molecule has 0 saturated carbocycles. The van der Waals surface area contributed by atoms with E-state index in [2.05, 4.69) is 10.3 Å². The first kappa shape index (κ1) is 10.2. The second-order valence-corrected chi connectivity index (χ2v) is 2.96. The summed E-state index contributed by atoms with van der Waals surface area (Å²) >= 11 is 0. The highest BCUT2D eigenvalue weighted by Gasteiger charge is 2.06. The number of nitrogens with one attached hydrogen (secondary N) is 1. The predicted octanol–water partition coefficient (Wildman–Crippen LogP) is 0.971. The van der Waals surface area contributed by atoms with Gasteiger partial charge >= 0.3 is 0 Å². The molecule has 4 nitrogen and oxygen atoms in total. The Kier molecular flexibility index (Phi) is 3.62. The third kappa shape index (κ3) is 2.87. The molecule has 0 fully saturated rings. The van der Waals surface area contributed by atoms with Crippen molar-refractivity contribution >= 4 is 5.91 Å². The van der Waals surface area contributed by atoms with Gasteiger partial charge in [0.05, 0.1) is 12.0 Å². The van der Waals surface area contributed by atoms with Crippen LogP contribution in [0.25, 0.3) is 0 Å². The molecule has 72 valence electrons. The van der Waals surface area contributed by atoms with Crippen LogP contribution in [0.5, 0.6) is 0 Å². The molecule has 1 atom stereocenters. The molecule has 0 aliphatic heterocycles. The molecule has 0 bridgehead atoms. The van der Waals surface area contributed by atoms with E-state index in [0.717, 1.165) is 0 Å². The molecule has 1 unspecified atom stereocenters. The summed E-state index contributed by atoms with van der Waals surface area (Å²) in [6, 6.07) is 7.16. The van der Waals surface area contributed by atoms with Gasteiger partial charge in [-0.15, -0.1) is 0 Å². The van der Waals surface area contributed by atoms with Crippen LogP contribution in [0.4, 0.5) is 0 Å². The number of nitriles is 1. The lowest BCUT2D eigenvalue weighted by Crippen LogP contribution is -2.28. The van der Waals surface area contributed by atoms with Crippen LogP contribution in [-0.2, 0) is 0 Å². The molecule has 1 aromatic rings. The summed E-state index contributed by atoms with van der Waals surface area (Å²) in [6.07, 6.45) is 1.56. The zero-order chi connectivity index (χ0) is 10.4. The van der Waals surface area contributed by atoms with Crippen LogP contribution >= 0.6 is 0 Å². The quantitative estimate of drug-likeness (QED) is 0.770. The lowest BCUT2D eigenvalue weighted by atomic mass is 10.2. The predicted molar refractivity (Wildman–Crippen MR) is 51.3 cm³/mol. The molecule has 1 amide bonds. The van der Waals surface area contributed by atoms with Gasteiger partial charge in [0.25, 0.3) is 5.91 Å². The Morgan fingerprint density at radius 2 is 2.50 bits per heavy atom. The van der Waals surface area contributed by atoms with Gasteiger partial charge in [0, 0.05) is 12.7 Å². The number of nitrogens with zero attached hydrogens (tertiary/aromatic N) is 2. The van der Waals surface area contributed by atoms with Crippen LogP contribution in [0.1, 0.15) is 17.4 Å². The number of hydrogen-bond donors (Lipinski definition) is 1. The maximum absolute atomic E-state index is 11.4. The summed E-state index contributed by atoms with van der Waals surface area (Å²) in [6.45, 7) is 2.10. The Morgan fingerprint density at radius 3 is 3.07 bits per heavy atom. The Balaban J connectivity index is 2.49.